The van der Waals surface area contributed by atoms with Crippen molar-refractivity contribution < 1.29 is 14.4 Å². The number of carbonyl (C=O) groups excluding carboxylic acids is 1. The van der Waals surface area contributed by atoms with Crippen LogP contribution in [-0.4, -0.2) is 56.5 Å². The lowest BCUT2D eigenvalue weighted by Gasteiger charge is -2.26. The molecule has 0 saturated carbocycles. The number of urea groups is 1. The third-order valence-electron chi connectivity index (χ3n) is 5.08. The third kappa shape index (κ3) is 6.13. The number of anilines is 1. The van der Waals surface area contributed by atoms with E-state index in [0.717, 1.165) is 28.3 Å². The van der Waals surface area contributed by atoms with Gasteiger partial charge in [-0.25, -0.2) is 4.79 Å². The largest absolute Gasteiger partial charge is 0.497 e. The Morgan fingerprint density at radius 2 is 1.97 bits per heavy atom. The summed E-state index contributed by atoms with van der Waals surface area (Å²) in [6.07, 6.45) is 0.470. The molecule has 31 heavy (non-hydrogen) atoms. The fourth-order valence-corrected chi connectivity index (χ4v) is 3.44. The Hall–Kier alpha value is -3.22. The van der Waals surface area contributed by atoms with Crippen molar-refractivity contribution in [3.05, 3.63) is 59.7 Å². The van der Waals surface area contributed by atoms with Crippen LogP contribution in [0, 0.1) is 0 Å². The van der Waals surface area contributed by atoms with Crippen LogP contribution in [0.1, 0.15) is 31.4 Å². The molecular formula is C24H32N4O3. The van der Waals surface area contributed by atoms with Crippen molar-refractivity contribution in [2.24, 2.45) is 5.16 Å². The monoisotopic (exact) mass is 424 g/mol. The molecule has 0 bridgehead atoms. The number of ether oxygens (including phenoxy) is 1. The number of oxime groups is 1. The van der Waals surface area contributed by atoms with E-state index in [-0.39, 0.29) is 18.2 Å². The molecule has 0 aromatic heterocycles. The summed E-state index contributed by atoms with van der Waals surface area (Å²) < 4.78 is 5.32. The van der Waals surface area contributed by atoms with E-state index in [2.05, 4.69) is 39.6 Å². The number of hydrogen-bond donors (Lipinski definition) is 1. The third-order valence-corrected chi connectivity index (χ3v) is 5.08. The number of amides is 2. The minimum absolute atomic E-state index is 0.0480. The molecule has 1 heterocycles. The first-order valence-corrected chi connectivity index (χ1v) is 10.5. The normalized spacial score (nSPS) is 15.3. The molecule has 166 valence electrons. The molecule has 0 saturated heterocycles. The molecule has 7 heteroatoms. The van der Waals surface area contributed by atoms with Crippen LogP contribution in [0.15, 0.2) is 53.7 Å². The van der Waals surface area contributed by atoms with Crippen molar-refractivity contribution in [1.82, 2.24) is 10.2 Å². The van der Waals surface area contributed by atoms with Crippen molar-refractivity contribution in [3.8, 4) is 5.75 Å². The second-order valence-corrected chi connectivity index (χ2v) is 8.25. The topological polar surface area (TPSA) is 66.4 Å². The lowest BCUT2D eigenvalue weighted by molar-refractivity contribution is 0.0586. The predicted octanol–water partition coefficient (Wildman–Crippen LogP) is 3.87. The van der Waals surface area contributed by atoms with Crippen molar-refractivity contribution in [1.29, 1.82) is 0 Å². The SMILES string of the molecule is COc1cccc(CN(C[C@@H]2CC(c3ccc(N(C)C)cc3)=NO2)C(=O)NC(C)C)c1. The summed E-state index contributed by atoms with van der Waals surface area (Å²) in [4.78, 5) is 22.4. The van der Waals surface area contributed by atoms with Crippen molar-refractivity contribution in [2.45, 2.75) is 39.0 Å². The summed E-state index contributed by atoms with van der Waals surface area (Å²) >= 11 is 0. The highest BCUT2D eigenvalue weighted by Crippen LogP contribution is 2.21. The van der Waals surface area contributed by atoms with Gasteiger partial charge in [0.05, 0.1) is 19.4 Å². The van der Waals surface area contributed by atoms with Gasteiger partial charge in [-0.15, -0.1) is 0 Å². The molecule has 3 rings (SSSR count). The highest BCUT2D eigenvalue weighted by molar-refractivity contribution is 6.01. The highest BCUT2D eigenvalue weighted by atomic mass is 16.6. The Kier molecular flexibility index (Phi) is 7.39. The highest BCUT2D eigenvalue weighted by Gasteiger charge is 2.27. The molecule has 1 aliphatic heterocycles. The Balaban J connectivity index is 1.67. The van der Waals surface area contributed by atoms with Gasteiger partial charge in [-0.2, -0.15) is 0 Å². The van der Waals surface area contributed by atoms with E-state index < -0.39 is 0 Å². The van der Waals surface area contributed by atoms with Gasteiger partial charge in [0.15, 0.2) is 6.10 Å². The summed E-state index contributed by atoms with van der Waals surface area (Å²) in [6.45, 7) is 4.81. The summed E-state index contributed by atoms with van der Waals surface area (Å²) in [5.74, 6) is 0.769. The van der Waals surface area contributed by atoms with Crippen LogP contribution in [-0.2, 0) is 11.4 Å². The second-order valence-electron chi connectivity index (χ2n) is 8.25. The maximum Gasteiger partial charge on any atom is 0.318 e. The molecule has 0 aliphatic carbocycles. The fraction of sp³-hybridized carbons (Fsp3) is 0.417. The Morgan fingerprint density at radius 1 is 1.23 bits per heavy atom. The van der Waals surface area contributed by atoms with E-state index in [1.165, 1.54) is 0 Å². The molecule has 2 aromatic rings. The van der Waals surface area contributed by atoms with Gasteiger partial charge in [0.25, 0.3) is 0 Å². The predicted molar refractivity (Wildman–Crippen MR) is 124 cm³/mol. The zero-order chi connectivity index (χ0) is 22.4. The smallest absolute Gasteiger partial charge is 0.318 e. The maximum absolute atomic E-state index is 12.8. The molecular weight excluding hydrogens is 392 g/mol. The van der Waals surface area contributed by atoms with Gasteiger partial charge < -0.3 is 24.7 Å². The van der Waals surface area contributed by atoms with Crippen LogP contribution in [0.25, 0.3) is 0 Å². The fourth-order valence-electron chi connectivity index (χ4n) is 3.44. The number of carbonyl (C=O) groups is 1. The first kappa shape index (κ1) is 22.5. The molecule has 2 amide bonds. The average molecular weight is 425 g/mol. The molecule has 0 unspecified atom stereocenters. The lowest BCUT2D eigenvalue weighted by atomic mass is 10.0. The second kappa shape index (κ2) is 10.2. The maximum atomic E-state index is 12.8. The van der Waals surface area contributed by atoms with Crippen LogP contribution in [0.5, 0.6) is 5.75 Å². The van der Waals surface area contributed by atoms with Gasteiger partial charge in [0.1, 0.15) is 5.75 Å². The summed E-state index contributed by atoms with van der Waals surface area (Å²) in [6, 6.07) is 15.9. The van der Waals surface area contributed by atoms with Crippen molar-refractivity contribution >= 4 is 17.4 Å². The minimum Gasteiger partial charge on any atom is -0.497 e. The van der Waals surface area contributed by atoms with E-state index in [4.69, 9.17) is 9.57 Å². The zero-order valence-corrected chi connectivity index (χ0v) is 19.0. The first-order valence-electron chi connectivity index (χ1n) is 10.5. The Bertz CT molecular complexity index is 909. The van der Waals surface area contributed by atoms with Crippen LogP contribution in [0.3, 0.4) is 0 Å². The van der Waals surface area contributed by atoms with Crippen LogP contribution in [0.4, 0.5) is 10.5 Å². The summed E-state index contributed by atoms with van der Waals surface area (Å²) in [7, 11) is 5.67. The van der Waals surface area contributed by atoms with E-state index in [1.54, 1.807) is 12.0 Å². The first-order chi connectivity index (χ1) is 14.9. The molecule has 7 nitrogen and oxygen atoms in total. The number of nitrogens with zero attached hydrogens (tertiary/aromatic N) is 3. The number of nitrogens with one attached hydrogen (secondary N) is 1. The summed E-state index contributed by atoms with van der Waals surface area (Å²) in [5, 5.41) is 7.28. The zero-order valence-electron chi connectivity index (χ0n) is 19.0. The number of rotatable bonds is 8. The Morgan fingerprint density at radius 3 is 2.61 bits per heavy atom. The van der Waals surface area contributed by atoms with Gasteiger partial charge in [-0.1, -0.05) is 29.4 Å². The standard InChI is InChI=1S/C24H32N4O3/c1-17(2)25-24(29)28(15-18-7-6-8-21(13-18)30-5)16-22-14-23(26-31-22)19-9-11-20(12-10-19)27(3)4/h6-13,17,22H,14-16H2,1-5H3,(H,25,29)/t22-/m0/s1. The van der Waals surface area contributed by atoms with Crippen molar-refractivity contribution in [2.75, 3.05) is 32.6 Å². The molecule has 0 spiro atoms. The average Bonchev–Trinajstić information content (AvgIpc) is 3.21. The Labute approximate surface area is 184 Å². The van der Waals surface area contributed by atoms with Gasteiger partial charge >= 0.3 is 6.03 Å². The molecule has 0 radical (unpaired) electrons. The van der Waals surface area contributed by atoms with Gasteiger partial charge in [0.2, 0.25) is 0 Å². The number of methoxy groups -OCH3 is 1. The van der Waals surface area contributed by atoms with Gasteiger partial charge in [-0.3, -0.25) is 0 Å². The van der Waals surface area contributed by atoms with Crippen LogP contribution >= 0.6 is 0 Å². The minimum atomic E-state index is -0.188. The van der Waals surface area contributed by atoms with Gasteiger partial charge in [-0.05, 0) is 49.2 Å². The molecule has 0 fully saturated rings. The molecule has 2 aromatic carbocycles. The molecule has 1 atom stereocenters. The molecule has 1 N–H and O–H groups in total. The number of hydrogen-bond acceptors (Lipinski definition) is 5. The van der Waals surface area contributed by atoms with Crippen LogP contribution in [0.2, 0.25) is 0 Å². The molecule has 1 aliphatic rings. The quantitative estimate of drug-likeness (QED) is 0.699. The van der Waals surface area contributed by atoms with Crippen molar-refractivity contribution in [3.63, 3.8) is 0 Å². The van der Waals surface area contributed by atoms with E-state index in [9.17, 15) is 4.79 Å². The number of benzene rings is 2. The van der Waals surface area contributed by atoms with Gasteiger partial charge in [0, 0.05) is 38.8 Å². The van der Waals surface area contributed by atoms with E-state index in [0.29, 0.717) is 19.5 Å². The van der Waals surface area contributed by atoms with E-state index in [1.807, 2.05) is 52.2 Å². The lowest BCUT2D eigenvalue weighted by Crippen LogP contribution is -2.45. The van der Waals surface area contributed by atoms with E-state index >= 15 is 0 Å². The van der Waals surface area contributed by atoms with Crippen LogP contribution < -0.4 is 15.0 Å². The summed E-state index contributed by atoms with van der Waals surface area (Å²) in [5.41, 5.74) is 4.08.